The van der Waals surface area contributed by atoms with Crippen molar-refractivity contribution >= 4 is 31.9 Å². The van der Waals surface area contributed by atoms with Crippen LogP contribution in [0.3, 0.4) is 0 Å². The fourth-order valence-electron chi connectivity index (χ4n) is 1.97. The van der Waals surface area contributed by atoms with E-state index in [2.05, 4.69) is 31.9 Å². The van der Waals surface area contributed by atoms with Crippen LogP contribution in [0.15, 0.2) is 45.3 Å². The van der Waals surface area contributed by atoms with Gasteiger partial charge in [-0.3, -0.25) is 0 Å². The van der Waals surface area contributed by atoms with Crippen LogP contribution < -0.4 is 10.5 Å². The number of halogens is 3. The van der Waals surface area contributed by atoms with E-state index in [-0.39, 0.29) is 5.82 Å². The summed E-state index contributed by atoms with van der Waals surface area (Å²) in [6.45, 7) is 2.43. The summed E-state index contributed by atoms with van der Waals surface area (Å²) in [5, 5.41) is 0. The smallest absolute Gasteiger partial charge is 0.129 e. The van der Waals surface area contributed by atoms with Crippen molar-refractivity contribution in [3.63, 3.8) is 0 Å². The van der Waals surface area contributed by atoms with Gasteiger partial charge >= 0.3 is 0 Å². The number of benzene rings is 2. The van der Waals surface area contributed by atoms with Gasteiger partial charge in [0, 0.05) is 20.1 Å². The third-order valence-corrected chi connectivity index (χ3v) is 3.89. The van der Waals surface area contributed by atoms with Crippen molar-refractivity contribution in [1.82, 2.24) is 0 Å². The largest absolute Gasteiger partial charge is 0.494 e. The monoisotopic (exact) mass is 401 g/mol. The van der Waals surface area contributed by atoms with Crippen LogP contribution in [0.4, 0.5) is 4.39 Å². The first-order chi connectivity index (χ1) is 9.52. The van der Waals surface area contributed by atoms with Gasteiger partial charge in [-0.05, 0) is 37.3 Å². The quantitative estimate of drug-likeness (QED) is 0.797. The summed E-state index contributed by atoms with van der Waals surface area (Å²) in [6, 6.07) is 9.85. The Morgan fingerprint density at radius 1 is 1.10 bits per heavy atom. The molecule has 0 aliphatic carbocycles. The van der Waals surface area contributed by atoms with Gasteiger partial charge in [0.05, 0.1) is 12.6 Å². The lowest BCUT2D eigenvalue weighted by Gasteiger charge is -2.18. The highest BCUT2D eigenvalue weighted by atomic mass is 79.9. The fourth-order valence-corrected chi connectivity index (χ4v) is 2.68. The molecule has 0 aliphatic heterocycles. The summed E-state index contributed by atoms with van der Waals surface area (Å²) < 4.78 is 21.2. The minimum absolute atomic E-state index is 0.339. The van der Waals surface area contributed by atoms with Crippen molar-refractivity contribution in [2.24, 2.45) is 5.73 Å². The lowest BCUT2D eigenvalue weighted by molar-refractivity contribution is 0.335. The Labute approximate surface area is 134 Å². The van der Waals surface area contributed by atoms with Gasteiger partial charge in [0.15, 0.2) is 0 Å². The van der Waals surface area contributed by atoms with Gasteiger partial charge in [0.1, 0.15) is 11.6 Å². The van der Waals surface area contributed by atoms with Crippen LogP contribution in [0, 0.1) is 5.82 Å². The van der Waals surface area contributed by atoms with Gasteiger partial charge in [0.2, 0.25) is 0 Å². The fraction of sp³-hybridized carbons (Fsp3) is 0.200. The molecule has 2 nitrogen and oxygen atoms in total. The molecule has 0 saturated heterocycles. The van der Waals surface area contributed by atoms with Crippen LogP contribution in [0.1, 0.15) is 24.1 Å². The van der Waals surface area contributed by atoms with Gasteiger partial charge in [-0.1, -0.05) is 37.9 Å². The molecule has 20 heavy (non-hydrogen) atoms. The van der Waals surface area contributed by atoms with E-state index >= 15 is 0 Å². The predicted octanol–water partition coefficient (Wildman–Crippen LogP) is 4.80. The average Bonchev–Trinajstić information content (AvgIpc) is 2.40. The molecule has 2 aromatic carbocycles. The van der Waals surface area contributed by atoms with E-state index in [0.29, 0.717) is 22.4 Å². The Bertz CT molecular complexity index is 619. The number of nitrogens with two attached hydrogens (primary N) is 1. The zero-order valence-electron chi connectivity index (χ0n) is 10.9. The first-order valence-corrected chi connectivity index (χ1v) is 7.74. The minimum atomic E-state index is -0.581. The SMILES string of the molecule is CCOc1ccc(Br)cc1C(N)c1ccc(Br)cc1F. The first-order valence-electron chi connectivity index (χ1n) is 6.15. The molecule has 5 heteroatoms. The topological polar surface area (TPSA) is 35.2 Å². The van der Waals surface area contributed by atoms with Gasteiger partial charge in [0.25, 0.3) is 0 Å². The van der Waals surface area contributed by atoms with Crippen LogP contribution in [0.5, 0.6) is 5.75 Å². The standard InChI is InChI=1S/C15H14Br2FNO/c1-2-20-14-6-4-9(16)7-12(14)15(19)11-5-3-10(17)8-13(11)18/h3-8,15H,2,19H2,1H3. The lowest BCUT2D eigenvalue weighted by Crippen LogP contribution is -2.15. The molecule has 0 amide bonds. The van der Waals surface area contributed by atoms with E-state index in [9.17, 15) is 4.39 Å². The second-order valence-electron chi connectivity index (χ2n) is 4.26. The van der Waals surface area contributed by atoms with Gasteiger partial charge in [-0.25, -0.2) is 4.39 Å². The van der Waals surface area contributed by atoms with Crippen molar-refractivity contribution in [2.45, 2.75) is 13.0 Å². The Hall–Kier alpha value is -0.910. The van der Waals surface area contributed by atoms with Crippen LogP contribution >= 0.6 is 31.9 Å². The molecule has 106 valence electrons. The van der Waals surface area contributed by atoms with Gasteiger partial charge in [-0.15, -0.1) is 0 Å². The number of rotatable bonds is 4. The molecule has 0 aliphatic rings. The summed E-state index contributed by atoms with van der Waals surface area (Å²) in [4.78, 5) is 0. The van der Waals surface area contributed by atoms with Crippen LogP contribution in [0.2, 0.25) is 0 Å². The van der Waals surface area contributed by atoms with Crippen LogP contribution in [-0.2, 0) is 0 Å². The Morgan fingerprint density at radius 2 is 1.75 bits per heavy atom. The molecular weight excluding hydrogens is 389 g/mol. The van der Waals surface area contributed by atoms with E-state index in [1.165, 1.54) is 6.07 Å². The van der Waals surface area contributed by atoms with E-state index in [1.807, 2.05) is 25.1 Å². The van der Waals surface area contributed by atoms with Gasteiger partial charge in [-0.2, -0.15) is 0 Å². The molecule has 0 saturated carbocycles. The molecule has 2 aromatic rings. The molecule has 2 N–H and O–H groups in total. The average molecular weight is 403 g/mol. The second-order valence-corrected chi connectivity index (χ2v) is 6.09. The molecule has 0 spiro atoms. The Balaban J connectivity index is 2.46. The summed E-state index contributed by atoms with van der Waals surface area (Å²) in [6.07, 6.45) is 0. The highest BCUT2D eigenvalue weighted by Gasteiger charge is 2.18. The van der Waals surface area contributed by atoms with Crippen LogP contribution in [-0.4, -0.2) is 6.61 Å². The number of hydrogen-bond acceptors (Lipinski definition) is 2. The summed E-state index contributed by atoms with van der Waals surface area (Å²) in [5.74, 6) is 0.333. The van der Waals surface area contributed by atoms with Crippen molar-refractivity contribution < 1.29 is 9.13 Å². The molecule has 0 bridgehead atoms. The van der Waals surface area contributed by atoms with Crippen molar-refractivity contribution in [1.29, 1.82) is 0 Å². The highest BCUT2D eigenvalue weighted by Crippen LogP contribution is 2.32. The van der Waals surface area contributed by atoms with Crippen molar-refractivity contribution in [3.05, 3.63) is 62.3 Å². The summed E-state index contributed by atoms with van der Waals surface area (Å²) in [5.41, 5.74) is 7.40. The van der Waals surface area contributed by atoms with Crippen molar-refractivity contribution in [3.8, 4) is 5.75 Å². The lowest BCUT2D eigenvalue weighted by atomic mass is 9.98. The minimum Gasteiger partial charge on any atom is -0.494 e. The molecule has 2 rings (SSSR count). The molecule has 0 aromatic heterocycles. The van der Waals surface area contributed by atoms with Crippen LogP contribution in [0.25, 0.3) is 0 Å². The van der Waals surface area contributed by atoms with Crippen molar-refractivity contribution in [2.75, 3.05) is 6.61 Å². The molecule has 0 heterocycles. The maximum atomic E-state index is 14.0. The molecule has 0 radical (unpaired) electrons. The zero-order valence-corrected chi connectivity index (χ0v) is 14.0. The molecule has 0 fully saturated rings. The number of hydrogen-bond donors (Lipinski definition) is 1. The summed E-state index contributed by atoms with van der Waals surface area (Å²) >= 11 is 6.65. The third-order valence-electron chi connectivity index (χ3n) is 2.90. The zero-order chi connectivity index (χ0) is 14.7. The Kier molecular flexibility index (Phi) is 5.18. The van der Waals surface area contributed by atoms with Gasteiger partial charge < -0.3 is 10.5 Å². The molecule has 1 atom stereocenters. The molecular formula is C15H14Br2FNO. The highest BCUT2D eigenvalue weighted by molar-refractivity contribution is 9.10. The predicted molar refractivity (Wildman–Crippen MR) is 85.4 cm³/mol. The van der Waals surface area contributed by atoms with E-state index in [0.717, 1.165) is 10.0 Å². The normalized spacial score (nSPS) is 12.2. The van der Waals surface area contributed by atoms with E-state index in [1.54, 1.807) is 12.1 Å². The Morgan fingerprint density at radius 3 is 2.40 bits per heavy atom. The second kappa shape index (κ2) is 6.70. The first kappa shape index (κ1) is 15.5. The summed E-state index contributed by atoms with van der Waals surface area (Å²) in [7, 11) is 0. The number of ether oxygens (including phenoxy) is 1. The van der Waals surface area contributed by atoms with E-state index in [4.69, 9.17) is 10.5 Å². The third kappa shape index (κ3) is 3.40. The maximum Gasteiger partial charge on any atom is 0.129 e. The molecule has 1 unspecified atom stereocenters. The maximum absolute atomic E-state index is 14.0. The van der Waals surface area contributed by atoms with E-state index < -0.39 is 6.04 Å².